The third-order valence-corrected chi connectivity index (χ3v) is 5.06. The average Bonchev–Trinajstić information content (AvgIpc) is 3.15. The van der Waals surface area contributed by atoms with Gasteiger partial charge in [-0.25, -0.2) is 4.98 Å². The zero-order valence-corrected chi connectivity index (χ0v) is 14.1. The van der Waals surface area contributed by atoms with Crippen molar-refractivity contribution in [2.45, 2.75) is 25.8 Å². The lowest BCUT2D eigenvalue weighted by molar-refractivity contribution is -0.117. The Labute approximate surface area is 138 Å². The van der Waals surface area contributed by atoms with E-state index in [-0.39, 0.29) is 11.9 Å². The molecule has 0 bridgehead atoms. The van der Waals surface area contributed by atoms with Crippen molar-refractivity contribution < 1.29 is 4.79 Å². The molecule has 3 rings (SSSR count). The molecule has 2 aromatic heterocycles. The largest absolute Gasteiger partial charge is 0.301 e. The van der Waals surface area contributed by atoms with Crippen LogP contribution in [0.15, 0.2) is 11.6 Å². The van der Waals surface area contributed by atoms with E-state index in [9.17, 15) is 4.79 Å². The highest BCUT2D eigenvalue weighted by atomic mass is 35.5. The summed E-state index contributed by atoms with van der Waals surface area (Å²) in [4.78, 5) is 18.4. The third kappa shape index (κ3) is 3.02. The summed E-state index contributed by atoms with van der Waals surface area (Å²) in [6.45, 7) is 3.20. The molecule has 0 aliphatic carbocycles. The van der Waals surface area contributed by atoms with Gasteiger partial charge in [-0.3, -0.25) is 14.4 Å². The minimum absolute atomic E-state index is 0.0421. The van der Waals surface area contributed by atoms with Crippen LogP contribution in [-0.2, 0) is 11.8 Å². The summed E-state index contributed by atoms with van der Waals surface area (Å²) in [7, 11) is 1.84. The Kier molecular flexibility index (Phi) is 4.46. The summed E-state index contributed by atoms with van der Waals surface area (Å²) < 4.78 is 1.69. The number of hydrogen-bond acceptors (Lipinski definition) is 5. The minimum Gasteiger partial charge on any atom is -0.301 e. The Morgan fingerprint density at radius 1 is 1.59 bits per heavy atom. The molecule has 1 aliphatic rings. The second-order valence-corrected chi connectivity index (χ2v) is 6.68. The Balaban J connectivity index is 1.72. The summed E-state index contributed by atoms with van der Waals surface area (Å²) in [6.07, 6.45) is 3.73. The van der Waals surface area contributed by atoms with Crippen molar-refractivity contribution in [2.75, 3.05) is 18.4 Å². The molecule has 1 atom stereocenters. The summed E-state index contributed by atoms with van der Waals surface area (Å²) in [5.41, 5.74) is 1.98. The van der Waals surface area contributed by atoms with E-state index < -0.39 is 0 Å². The maximum atomic E-state index is 12.2. The van der Waals surface area contributed by atoms with Gasteiger partial charge in [0.05, 0.1) is 12.2 Å². The molecule has 3 heterocycles. The van der Waals surface area contributed by atoms with Gasteiger partial charge < -0.3 is 5.32 Å². The molecule has 1 N–H and O–H groups in total. The molecule has 22 heavy (non-hydrogen) atoms. The second-order valence-electron chi connectivity index (χ2n) is 5.43. The van der Waals surface area contributed by atoms with Crippen molar-refractivity contribution in [3.05, 3.63) is 28.0 Å². The molecule has 2 aromatic rings. The van der Waals surface area contributed by atoms with Crippen LogP contribution in [-0.4, -0.2) is 38.7 Å². The van der Waals surface area contributed by atoms with Crippen molar-refractivity contribution in [1.29, 1.82) is 0 Å². The number of likely N-dealkylation sites (tertiary alicyclic amines) is 1. The number of amides is 1. The second kappa shape index (κ2) is 6.36. The fraction of sp³-hybridized carbons (Fsp3) is 0.500. The lowest BCUT2D eigenvalue weighted by Crippen LogP contribution is -2.33. The first kappa shape index (κ1) is 15.5. The summed E-state index contributed by atoms with van der Waals surface area (Å²) in [5.74, 6) is -0.0421. The number of nitrogens with one attached hydrogen (secondary N) is 1. The van der Waals surface area contributed by atoms with E-state index in [1.54, 1.807) is 10.9 Å². The molecule has 6 nitrogen and oxygen atoms in total. The van der Waals surface area contributed by atoms with Crippen molar-refractivity contribution in [1.82, 2.24) is 19.7 Å². The van der Waals surface area contributed by atoms with Crippen LogP contribution in [0.3, 0.4) is 0 Å². The number of anilines is 1. The number of aromatic nitrogens is 3. The van der Waals surface area contributed by atoms with Crippen LogP contribution in [0.5, 0.6) is 0 Å². The number of halogens is 1. The van der Waals surface area contributed by atoms with Crippen molar-refractivity contribution >= 4 is 34.0 Å². The molecule has 1 amide bonds. The Hall–Kier alpha value is -1.44. The van der Waals surface area contributed by atoms with Crippen LogP contribution >= 0.6 is 22.9 Å². The van der Waals surface area contributed by atoms with Gasteiger partial charge in [-0.2, -0.15) is 5.10 Å². The number of hydrogen-bond donors (Lipinski definition) is 1. The van der Waals surface area contributed by atoms with Crippen LogP contribution in [0, 0.1) is 6.92 Å². The van der Waals surface area contributed by atoms with E-state index in [2.05, 4.69) is 20.3 Å². The SMILES string of the molecule is Cc1nn(C)c(Cl)c1C1CCCN1CC(=O)Nc1nccs1. The molecule has 0 spiro atoms. The molecule has 118 valence electrons. The van der Waals surface area contributed by atoms with Gasteiger partial charge in [-0.1, -0.05) is 11.6 Å². The molecule has 0 radical (unpaired) electrons. The van der Waals surface area contributed by atoms with Crippen molar-refractivity contribution in [3.63, 3.8) is 0 Å². The van der Waals surface area contributed by atoms with Gasteiger partial charge in [0.15, 0.2) is 5.13 Å². The van der Waals surface area contributed by atoms with E-state index in [4.69, 9.17) is 11.6 Å². The van der Waals surface area contributed by atoms with Gasteiger partial charge in [-0.15, -0.1) is 11.3 Å². The predicted molar refractivity (Wildman–Crippen MR) is 87.2 cm³/mol. The normalized spacial score (nSPS) is 18.8. The Bertz CT molecular complexity index is 669. The van der Waals surface area contributed by atoms with E-state index >= 15 is 0 Å². The monoisotopic (exact) mass is 339 g/mol. The lowest BCUT2D eigenvalue weighted by Gasteiger charge is -2.23. The fourth-order valence-electron chi connectivity index (χ4n) is 3.00. The summed E-state index contributed by atoms with van der Waals surface area (Å²) >= 11 is 7.79. The molecule has 1 unspecified atom stereocenters. The van der Waals surface area contributed by atoms with Gasteiger partial charge in [0.25, 0.3) is 0 Å². The molecule has 8 heteroatoms. The molecule has 1 saturated heterocycles. The summed E-state index contributed by atoms with van der Waals surface area (Å²) in [5, 5.41) is 10.3. The molecule has 0 aromatic carbocycles. The molecular formula is C14H18ClN5OS. The lowest BCUT2D eigenvalue weighted by atomic mass is 10.1. The minimum atomic E-state index is -0.0421. The topological polar surface area (TPSA) is 63.1 Å². The predicted octanol–water partition coefficient (Wildman–Crippen LogP) is 2.61. The Morgan fingerprint density at radius 2 is 2.41 bits per heavy atom. The maximum absolute atomic E-state index is 12.2. The van der Waals surface area contributed by atoms with E-state index in [0.29, 0.717) is 16.8 Å². The zero-order chi connectivity index (χ0) is 15.7. The number of nitrogens with zero attached hydrogens (tertiary/aromatic N) is 4. The quantitative estimate of drug-likeness (QED) is 0.930. The average molecular weight is 340 g/mol. The van der Waals surface area contributed by atoms with E-state index in [1.165, 1.54) is 11.3 Å². The number of carbonyl (C=O) groups excluding carboxylic acids is 1. The first-order valence-electron chi connectivity index (χ1n) is 7.18. The van der Waals surface area contributed by atoms with Gasteiger partial charge in [0, 0.05) is 30.2 Å². The van der Waals surface area contributed by atoms with Crippen LogP contribution in [0.25, 0.3) is 0 Å². The summed E-state index contributed by atoms with van der Waals surface area (Å²) in [6, 6.07) is 0.156. The first-order valence-corrected chi connectivity index (χ1v) is 8.44. The number of carbonyl (C=O) groups is 1. The number of thiazole rings is 1. The van der Waals surface area contributed by atoms with Crippen LogP contribution in [0.1, 0.15) is 30.1 Å². The van der Waals surface area contributed by atoms with Gasteiger partial charge in [0.1, 0.15) is 5.15 Å². The fourth-order valence-corrected chi connectivity index (χ4v) is 3.84. The Morgan fingerprint density at radius 3 is 3.05 bits per heavy atom. The van der Waals surface area contributed by atoms with Gasteiger partial charge in [-0.05, 0) is 26.3 Å². The maximum Gasteiger partial charge on any atom is 0.240 e. The molecule has 1 fully saturated rings. The highest BCUT2D eigenvalue weighted by Gasteiger charge is 2.32. The first-order chi connectivity index (χ1) is 10.6. The standard InChI is InChI=1S/C14H18ClN5OS/c1-9-12(13(15)19(2)18-9)10-4-3-6-20(10)8-11(21)17-14-16-5-7-22-14/h5,7,10H,3-4,6,8H2,1-2H3,(H,16,17,21). The van der Waals surface area contributed by atoms with Gasteiger partial charge >= 0.3 is 0 Å². The molecular weight excluding hydrogens is 322 g/mol. The molecule has 1 aliphatic heterocycles. The van der Waals surface area contributed by atoms with Crippen LogP contribution in [0.4, 0.5) is 5.13 Å². The third-order valence-electron chi connectivity index (χ3n) is 3.92. The van der Waals surface area contributed by atoms with Crippen molar-refractivity contribution in [2.24, 2.45) is 7.05 Å². The van der Waals surface area contributed by atoms with Crippen molar-refractivity contribution in [3.8, 4) is 0 Å². The number of rotatable bonds is 4. The van der Waals surface area contributed by atoms with E-state index in [1.807, 2.05) is 19.4 Å². The highest BCUT2D eigenvalue weighted by Crippen LogP contribution is 2.37. The molecule has 0 saturated carbocycles. The van der Waals surface area contributed by atoms with Crippen LogP contribution < -0.4 is 5.32 Å². The van der Waals surface area contributed by atoms with Crippen LogP contribution in [0.2, 0.25) is 5.15 Å². The smallest absolute Gasteiger partial charge is 0.240 e. The zero-order valence-electron chi connectivity index (χ0n) is 12.5. The number of aryl methyl sites for hydroxylation is 2. The van der Waals surface area contributed by atoms with Gasteiger partial charge in [0.2, 0.25) is 5.91 Å². The highest BCUT2D eigenvalue weighted by molar-refractivity contribution is 7.13. The van der Waals surface area contributed by atoms with E-state index in [0.717, 1.165) is 30.6 Å².